The lowest BCUT2D eigenvalue weighted by atomic mass is 10.3. The fourth-order valence-corrected chi connectivity index (χ4v) is 2.86. The zero-order chi connectivity index (χ0) is 19.2. The molecule has 0 radical (unpaired) electrons. The minimum Gasteiger partial charge on any atom is -0.454 e. The summed E-state index contributed by atoms with van der Waals surface area (Å²) < 4.78 is 50.8. The molecule has 0 fully saturated rings. The van der Waals surface area contributed by atoms with E-state index in [4.69, 9.17) is 9.47 Å². The fourth-order valence-electron chi connectivity index (χ4n) is 2.50. The topological polar surface area (TPSA) is 74.1 Å². The molecule has 3 heterocycles. The maximum atomic E-state index is 12.9. The molecule has 1 aliphatic heterocycles. The van der Waals surface area contributed by atoms with Crippen LogP contribution in [0.3, 0.4) is 0 Å². The van der Waals surface area contributed by atoms with Gasteiger partial charge in [-0.3, -0.25) is 0 Å². The van der Waals surface area contributed by atoms with Crippen LogP contribution in [0.4, 0.5) is 24.8 Å². The fraction of sp³-hybridized carbons (Fsp3) is 0.188. The highest BCUT2D eigenvalue weighted by atomic mass is 79.9. The van der Waals surface area contributed by atoms with Crippen LogP contribution in [0.2, 0.25) is 0 Å². The van der Waals surface area contributed by atoms with Gasteiger partial charge in [0, 0.05) is 23.6 Å². The maximum absolute atomic E-state index is 12.9. The smallest absolute Gasteiger partial charge is 0.435 e. The molecule has 3 aromatic rings. The number of nitrogens with one attached hydrogen (secondary N) is 1. The Morgan fingerprint density at radius 3 is 2.70 bits per heavy atom. The molecule has 0 saturated heterocycles. The van der Waals surface area contributed by atoms with Crippen molar-refractivity contribution < 1.29 is 22.6 Å². The molecule has 0 saturated carbocycles. The predicted molar refractivity (Wildman–Crippen MR) is 92.4 cm³/mol. The molecule has 1 aliphatic rings. The second kappa shape index (κ2) is 6.41. The van der Waals surface area contributed by atoms with E-state index in [1.165, 1.54) is 13.1 Å². The molecule has 27 heavy (non-hydrogen) atoms. The van der Waals surface area contributed by atoms with Crippen molar-refractivity contribution in [3.05, 3.63) is 46.3 Å². The van der Waals surface area contributed by atoms with E-state index in [0.29, 0.717) is 21.7 Å². The van der Waals surface area contributed by atoms with Crippen LogP contribution in [-0.4, -0.2) is 26.5 Å². The molecule has 0 atom stereocenters. The van der Waals surface area contributed by atoms with Gasteiger partial charge >= 0.3 is 6.18 Å². The number of hydrogen-bond acceptors (Lipinski definition) is 6. The number of anilines is 2. The Balaban J connectivity index is 1.67. The SMILES string of the molecule is Cc1cc(C(F)(F)F)nn1-c1nc(Nc2ccc3c(c2)OCO3)ncc1Br. The van der Waals surface area contributed by atoms with E-state index < -0.39 is 11.9 Å². The second-order valence-electron chi connectivity index (χ2n) is 5.64. The number of aromatic nitrogens is 4. The van der Waals surface area contributed by atoms with Gasteiger partial charge in [-0.15, -0.1) is 0 Å². The minimum absolute atomic E-state index is 0.151. The van der Waals surface area contributed by atoms with E-state index in [0.717, 1.165) is 10.7 Å². The molecule has 1 aromatic carbocycles. The summed E-state index contributed by atoms with van der Waals surface area (Å²) in [6.07, 6.45) is -3.10. The molecular formula is C16H11BrF3N5O2. The molecule has 11 heteroatoms. The quantitative estimate of drug-likeness (QED) is 0.655. The van der Waals surface area contributed by atoms with Gasteiger partial charge < -0.3 is 14.8 Å². The highest BCUT2D eigenvalue weighted by Crippen LogP contribution is 2.35. The van der Waals surface area contributed by atoms with Crippen LogP contribution in [0.5, 0.6) is 11.5 Å². The molecule has 0 amide bonds. The monoisotopic (exact) mass is 441 g/mol. The molecule has 0 spiro atoms. The molecule has 1 N–H and O–H groups in total. The van der Waals surface area contributed by atoms with E-state index in [1.54, 1.807) is 18.2 Å². The molecule has 2 aromatic heterocycles. The predicted octanol–water partition coefficient (Wildman–Crippen LogP) is 4.22. The lowest BCUT2D eigenvalue weighted by molar-refractivity contribution is -0.141. The number of ether oxygens (including phenoxy) is 2. The highest BCUT2D eigenvalue weighted by Gasteiger charge is 2.35. The largest absolute Gasteiger partial charge is 0.454 e. The van der Waals surface area contributed by atoms with Gasteiger partial charge in [-0.2, -0.15) is 23.3 Å². The van der Waals surface area contributed by atoms with Gasteiger partial charge in [-0.1, -0.05) is 0 Å². The number of alkyl halides is 3. The number of benzene rings is 1. The van der Waals surface area contributed by atoms with Crippen LogP contribution in [0.1, 0.15) is 11.4 Å². The number of hydrogen-bond donors (Lipinski definition) is 1. The lowest BCUT2D eigenvalue weighted by Gasteiger charge is -2.10. The van der Waals surface area contributed by atoms with Crippen molar-refractivity contribution in [2.75, 3.05) is 12.1 Å². The van der Waals surface area contributed by atoms with Gasteiger partial charge in [-0.25, -0.2) is 9.67 Å². The molecular weight excluding hydrogens is 431 g/mol. The van der Waals surface area contributed by atoms with E-state index >= 15 is 0 Å². The number of halogens is 4. The lowest BCUT2D eigenvalue weighted by Crippen LogP contribution is -2.10. The Hall–Kier alpha value is -2.82. The number of nitrogens with zero attached hydrogens (tertiary/aromatic N) is 4. The third kappa shape index (κ3) is 3.42. The average molecular weight is 442 g/mol. The summed E-state index contributed by atoms with van der Waals surface area (Å²) in [5.41, 5.74) is -0.0627. The average Bonchev–Trinajstić information content (AvgIpc) is 3.22. The molecule has 0 bridgehead atoms. The number of fused-ring (bicyclic) bond motifs is 1. The van der Waals surface area contributed by atoms with Crippen molar-refractivity contribution >= 4 is 27.6 Å². The third-order valence-electron chi connectivity index (χ3n) is 3.73. The molecule has 4 rings (SSSR count). The van der Waals surface area contributed by atoms with Crippen LogP contribution in [0.15, 0.2) is 34.9 Å². The first kappa shape index (κ1) is 17.6. The first-order valence-electron chi connectivity index (χ1n) is 7.65. The highest BCUT2D eigenvalue weighted by molar-refractivity contribution is 9.10. The summed E-state index contributed by atoms with van der Waals surface area (Å²) in [7, 11) is 0. The number of aryl methyl sites for hydroxylation is 1. The maximum Gasteiger partial charge on any atom is 0.435 e. The Morgan fingerprint density at radius 2 is 1.96 bits per heavy atom. The Kier molecular flexibility index (Phi) is 4.17. The van der Waals surface area contributed by atoms with Crippen molar-refractivity contribution in [3.8, 4) is 17.3 Å². The van der Waals surface area contributed by atoms with Crippen LogP contribution < -0.4 is 14.8 Å². The Labute approximate surface area is 159 Å². The third-order valence-corrected chi connectivity index (χ3v) is 4.29. The van der Waals surface area contributed by atoms with Gasteiger partial charge in [0.2, 0.25) is 12.7 Å². The molecule has 140 valence electrons. The first-order valence-corrected chi connectivity index (χ1v) is 8.44. The van der Waals surface area contributed by atoms with Crippen molar-refractivity contribution in [1.29, 1.82) is 0 Å². The van der Waals surface area contributed by atoms with Gasteiger partial charge in [0.15, 0.2) is 23.0 Å². The van der Waals surface area contributed by atoms with E-state index in [9.17, 15) is 13.2 Å². The standard InChI is InChI=1S/C16H11BrF3N5O2/c1-8-4-13(16(18,19)20)24-25(8)14-10(17)6-21-15(23-14)22-9-2-3-11-12(5-9)27-7-26-11/h2-6H,7H2,1H3,(H,21,22,23). The molecule has 7 nitrogen and oxygen atoms in total. The van der Waals surface area contributed by atoms with Crippen LogP contribution in [0, 0.1) is 6.92 Å². The second-order valence-corrected chi connectivity index (χ2v) is 6.49. The van der Waals surface area contributed by atoms with Crippen LogP contribution >= 0.6 is 15.9 Å². The van der Waals surface area contributed by atoms with Crippen molar-refractivity contribution in [1.82, 2.24) is 19.7 Å². The van der Waals surface area contributed by atoms with E-state index in [1.807, 2.05) is 0 Å². The van der Waals surface area contributed by atoms with Gasteiger partial charge in [-0.05, 0) is 41.1 Å². The Morgan fingerprint density at radius 1 is 1.19 bits per heavy atom. The number of rotatable bonds is 3. The van der Waals surface area contributed by atoms with E-state index in [2.05, 4.69) is 36.3 Å². The first-order chi connectivity index (χ1) is 12.8. The minimum atomic E-state index is -4.54. The summed E-state index contributed by atoms with van der Waals surface area (Å²) in [4.78, 5) is 8.41. The normalized spacial score (nSPS) is 13.1. The molecule has 0 unspecified atom stereocenters. The van der Waals surface area contributed by atoms with Gasteiger partial charge in [0.05, 0.1) is 4.47 Å². The van der Waals surface area contributed by atoms with Crippen LogP contribution in [-0.2, 0) is 6.18 Å². The van der Waals surface area contributed by atoms with Crippen molar-refractivity contribution in [3.63, 3.8) is 0 Å². The summed E-state index contributed by atoms with van der Waals surface area (Å²) in [6.45, 7) is 1.67. The summed E-state index contributed by atoms with van der Waals surface area (Å²) in [6, 6.07) is 6.16. The molecule has 0 aliphatic carbocycles. The summed E-state index contributed by atoms with van der Waals surface area (Å²) in [5, 5.41) is 6.60. The van der Waals surface area contributed by atoms with Crippen molar-refractivity contribution in [2.24, 2.45) is 0 Å². The van der Waals surface area contributed by atoms with Crippen molar-refractivity contribution in [2.45, 2.75) is 13.1 Å². The summed E-state index contributed by atoms with van der Waals surface area (Å²) in [5.74, 6) is 1.58. The van der Waals surface area contributed by atoms with Crippen LogP contribution in [0.25, 0.3) is 5.82 Å². The summed E-state index contributed by atoms with van der Waals surface area (Å²) >= 11 is 3.26. The zero-order valence-electron chi connectivity index (χ0n) is 13.7. The zero-order valence-corrected chi connectivity index (χ0v) is 15.3. The van der Waals surface area contributed by atoms with Gasteiger partial charge in [0.1, 0.15) is 0 Å². The van der Waals surface area contributed by atoms with E-state index in [-0.39, 0.29) is 24.3 Å². The Bertz CT molecular complexity index is 1020. The van der Waals surface area contributed by atoms with Gasteiger partial charge in [0.25, 0.3) is 0 Å².